The van der Waals surface area contributed by atoms with Gasteiger partial charge in [0, 0.05) is 70.8 Å². The quantitative estimate of drug-likeness (QED) is 0.142. The summed E-state index contributed by atoms with van der Waals surface area (Å²) in [5.74, 6) is 0.612. The third-order valence-corrected chi connectivity index (χ3v) is 10.0. The molecule has 13 heteroatoms. The lowest BCUT2D eigenvalue weighted by molar-refractivity contribution is -0.101. The molecule has 54 heavy (non-hydrogen) atoms. The van der Waals surface area contributed by atoms with Crippen molar-refractivity contribution in [2.24, 2.45) is 5.92 Å². The summed E-state index contributed by atoms with van der Waals surface area (Å²) in [7, 11) is 1.58. The summed E-state index contributed by atoms with van der Waals surface area (Å²) in [6.07, 6.45) is 6.44. The summed E-state index contributed by atoms with van der Waals surface area (Å²) in [6, 6.07) is 19.2. The zero-order valence-corrected chi connectivity index (χ0v) is 31.3. The number of nitrogens with zero attached hydrogens (tertiary/aromatic N) is 2. The smallest absolute Gasteiger partial charge is 0.261 e. The molecule has 3 N–H and O–H groups in total. The highest BCUT2D eigenvalue weighted by Crippen LogP contribution is 2.36. The Labute approximate surface area is 320 Å². The largest absolute Gasteiger partial charge is 0.493 e. The predicted molar refractivity (Wildman–Crippen MR) is 207 cm³/mol. The van der Waals surface area contributed by atoms with Gasteiger partial charge in [0.1, 0.15) is 29.9 Å². The average molecular weight is 800 g/mol. The number of nitrogens with one attached hydrogen (secondary N) is 1. The van der Waals surface area contributed by atoms with Gasteiger partial charge in [0.05, 0.1) is 26.9 Å². The molecular formula is C41H40BrFN4O7. The van der Waals surface area contributed by atoms with Crippen molar-refractivity contribution in [3.63, 3.8) is 0 Å². The number of anilines is 2. The van der Waals surface area contributed by atoms with Crippen molar-refractivity contribution in [1.29, 1.82) is 0 Å². The maximum Gasteiger partial charge on any atom is 0.261 e. The molecule has 3 aromatic carbocycles. The highest BCUT2D eigenvalue weighted by Gasteiger charge is 2.22. The molecule has 2 fully saturated rings. The van der Waals surface area contributed by atoms with Crippen molar-refractivity contribution < 1.29 is 32.9 Å². The van der Waals surface area contributed by atoms with Crippen molar-refractivity contribution in [2.75, 3.05) is 57.8 Å². The standard InChI is InChI=1S/C41H40BrFN4O7/c1-50-38-17-27(4-9-37(38)54-24-31-23-52-14-15-53-31)28-16-33(40(44)45-19-28)26-2-6-30(7-3-26)46-41(49)35-22-47(20-25-10-12-51-13-11-25)21-34(39(35)48)32-8-5-29(42)18-36(32)43/h2-9,16-19,21-22,25,31H,10-15,20,23-24H2,1H3,(H2,44,45)(H,46,49). The van der Waals surface area contributed by atoms with Crippen molar-refractivity contribution in [2.45, 2.75) is 25.5 Å². The summed E-state index contributed by atoms with van der Waals surface area (Å²) < 4.78 is 45.7. The molecule has 4 heterocycles. The van der Waals surface area contributed by atoms with Gasteiger partial charge in [-0.25, -0.2) is 9.37 Å². The molecule has 0 aliphatic carbocycles. The Morgan fingerprint density at radius 3 is 2.46 bits per heavy atom. The van der Waals surface area contributed by atoms with E-state index in [-0.39, 0.29) is 22.8 Å². The zero-order valence-electron chi connectivity index (χ0n) is 29.7. The van der Waals surface area contributed by atoms with Crippen LogP contribution in [0.1, 0.15) is 23.2 Å². The second-order valence-corrected chi connectivity index (χ2v) is 14.1. The van der Waals surface area contributed by atoms with Crippen LogP contribution in [-0.4, -0.2) is 68.3 Å². The zero-order chi connectivity index (χ0) is 37.6. The van der Waals surface area contributed by atoms with Gasteiger partial charge in [-0.05, 0) is 72.4 Å². The van der Waals surface area contributed by atoms with E-state index in [1.165, 1.54) is 12.1 Å². The number of aromatic nitrogens is 2. The summed E-state index contributed by atoms with van der Waals surface area (Å²) in [5.41, 5.74) is 9.52. The van der Waals surface area contributed by atoms with E-state index in [4.69, 9.17) is 29.4 Å². The molecule has 0 radical (unpaired) electrons. The van der Waals surface area contributed by atoms with Crippen LogP contribution in [-0.2, 0) is 20.8 Å². The SMILES string of the molecule is COc1cc(-c2cnc(N)c(-c3ccc(NC(=O)c4cn(CC5CCOCC5)cc(-c5ccc(Br)cc5F)c4=O)cc3)c2)ccc1OCC1COCCO1. The van der Waals surface area contributed by atoms with Crippen molar-refractivity contribution >= 4 is 33.3 Å². The number of ether oxygens (including phenoxy) is 5. The molecule has 7 rings (SSSR count). The molecule has 2 saturated heterocycles. The van der Waals surface area contributed by atoms with Gasteiger partial charge >= 0.3 is 0 Å². The number of amides is 1. The van der Waals surface area contributed by atoms with Crippen LogP contribution < -0.4 is 26.0 Å². The van der Waals surface area contributed by atoms with E-state index < -0.39 is 17.2 Å². The van der Waals surface area contributed by atoms with E-state index in [0.29, 0.717) is 85.1 Å². The molecule has 1 unspecified atom stereocenters. The highest BCUT2D eigenvalue weighted by molar-refractivity contribution is 9.10. The number of rotatable bonds is 11. The van der Waals surface area contributed by atoms with Crippen LogP contribution in [0.3, 0.4) is 0 Å². The number of halogens is 2. The average Bonchev–Trinajstić information content (AvgIpc) is 3.19. The van der Waals surface area contributed by atoms with Gasteiger partial charge in [-0.1, -0.05) is 40.2 Å². The monoisotopic (exact) mass is 798 g/mol. The molecule has 11 nitrogen and oxygen atoms in total. The van der Waals surface area contributed by atoms with Gasteiger partial charge in [-0.3, -0.25) is 9.59 Å². The summed E-state index contributed by atoms with van der Waals surface area (Å²) in [6.45, 7) is 3.81. The van der Waals surface area contributed by atoms with E-state index in [1.807, 2.05) is 41.0 Å². The first-order valence-electron chi connectivity index (χ1n) is 17.7. The van der Waals surface area contributed by atoms with E-state index in [1.54, 1.807) is 43.9 Å². The fourth-order valence-electron chi connectivity index (χ4n) is 6.60. The topological polar surface area (TPSA) is 136 Å². The number of hydrogen-bond donors (Lipinski definition) is 2. The van der Waals surface area contributed by atoms with E-state index in [0.717, 1.165) is 29.5 Å². The van der Waals surface area contributed by atoms with E-state index >= 15 is 4.39 Å². The number of methoxy groups -OCH3 is 1. The third kappa shape index (κ3) is 8.65. The Morgan fingerprint density at radius 1 is 0.926 bits per heavy atom. The minimum atomic E-state index is -0.600. The van der Waals surface area contributed by atoms with E-state index in [2.05, 4.69) is 26.2 Å². The summed E-state index contributed by atoms with van der Waals surface area (Å²) in [5, 5.41) is 2.85. The number of benzene rings is 3. The third-order valence-electron chi connectivity index (χ3n) is 9.53. The summed E-state index contributed by atoms with van der Waals surface area (Å²) >= 11 is 3.28. The highest BCUT2D eigenvalue weighted by atomic mass is 79.9. The normalized spacial score (nSPS) is 16.2. The first kappa shape index (κ1) is 37.2. The number of carbonyl (C=O) groups excluding carboxylic acids is 1. The lowest BCUT2D eigenvalue weighted by Crippen LogP contribution is -2.33. The number of nitrogens with two attached hydrogens (primary N) is 1. The fourth-order valence-corrected chi connectivity index (χ4v) is 6.94. The number of carbonyl (C=O) groups is 1. The molecule has 5 aromatic rings. The minimum absolute atomic E-state index is 0.0877. The van der Waals surface area contributed by atoms with Crippen LogP contribution in [0.5, 0.6) is 11.5 Å². The molecule has 280 valence electrons. The van der Waals surface area contributed by atoms with Crippen LogP contribution in [0, 0.1) is 11.7 Å². The number of nitrogen functional groups attached to an aromatic ring is 1. The molecular weight excluding hydrogens is 759 g/mol. The van der Waals surface area contributed by atoms with Crippen molar-refractivity contribution in [3.8, 4) is 44.9 Å². The minimum Gasteiger partial charge on any atom is -0.493 e. The molecule has 0 spiro atoms. The van der Waals surface area contributed by atoms with Gasteiger partial charge < -0.3 is 39.3 Å². The van der Waals surface area contributed by atoms with Gasteiger partial charge in [0.2, 0.25) is 5.43 Å². The maximum absolute atomic E-state index is 15.1. The molecule has 1 amide bonds. The van der Waals surface area contributed by atoms with Gasteiger partial charge in [0.15, 0.2) is 11.5 Å². The molecule has 1 atom stereocenters. The lowest BCUT2D eigenvalue weighted by atomic mass is 9.99. The number of pyridine rings is 2. The molecule has 0 bridgehead atoms. The molecule has 2 aromatic heterocycles. The predicted octanol–water partition coefficient (Wildman–Crippen LogP) is 7.21. The van der Waals surface area contributed by atoms with Gasteiger partial charge in [-0.2, -0.15) is 0 Å². The fraction of sp³-hybridized carbons (Fsp3) is 0.293. The molecule has 2 aliphatic heterocycles. The Bertz CT molecular complexity index is 2180. The van der Waals surface area contributed by atoms with Crippen LogP contribution in [0.2, 0.25) is 0 Å². The Morgan fingerprint density at radius 2 is 1.72 bits per heavy atom. The maximum atomic E-state index is 15.1. The van der Waals surface area contributed by atoms with Crippen molar-refractivity contribution in [3.05, 3.63) is 111 Å². The van der Waals surface area contributed by atoms with Crippen LogP contribution in [0.25, 0.3) is 33.4 Å². The van der Waals surface area contributed by atoms with Gasteiger partial charge in [0.25, 0.3) is 5.91 Å². The summed E-state index contributed by atoms with van der Waals surface area (Å²) in [4.78, 5) is 31.9. The second-order valence-electron chi connectivity index (χ2n) is 13.2. The van der Waals surface area contributed by atoms with Crippen LogP contribution >= 0.6 is 15.9 Å². The first-order chi connectivity index (χ1) is 26.2. The number of hydrogen-bond acceptors (Lipinski definition) is 9. The van der Waals surface area contributed by atoms with Crippen molar-refractivity contribution in [1.82, 2.24) is 9.55 Å². The van der Waals surface area contributed by atoms with Gasteiger partial charge in [-0.15, -0.1) is 0 Å². The first-order valence-corrected chi connectivity index (χ1v) is 18.5. The molecule has 2 aliphatic rings. The van der Waals surface area contributed by atoms with E-state index in [9.17, 15) is 9.59 Å². The Kier molecular flexibility index (Phi) is 11.7. The Hall–Kier alpha value is -5.08. The lowest BCUT2D eigenvalue weighted by Gasteiger charge is -2.23. The Balaban J connectivity index is 1.10. The second kappa shape index (κ2) is 16.9. The van der Waals surface area contributed by atoms with Crippen LogP contribution in [0.15, 0.2) is 94.6 Å². The molecule has 0 saturated carbocycles. The van der Waals surface area contributed by atoms with Crippen LogP contribution in [0.4, 0.5) is 15.9 Å².